The van der Waals surface area contributed by atoms with Gasteiger partial charge in [-0.2, -0.15) is 5.10 Å². The molecule has 23 heavy (non-hydrogen) atoms. The number of benzene rings is 1. The Bertz CT molecular complexity index is 797. The molecular weight excluding hydrogens is 299 g/mol. The van der Waals surface area contributed by atoms with E-state index in [0.29, 0.717) is 5.69 Å². The highest BCUT2D eigenvalue weighted by atomic mass is 19.1. The van der Waals surface area contributed by atoms with Gasteiger partial charge in [0.15, 0.2) is 5.69 Å². The number of aryl methyl sites for hydroxylation is 1. The van der Waals surface area contributed by atoms with Crippen LogP contribution in [0.1, 0.15) is 36.1 Å². The van der Waals surface area contributed by atoms with Crippen molar-refractivity contribution in [2.75, 3.05) is 16.8 Å². The maximum atomic E-state index is 13.9. The van der Waals surface area contributed by atoms with Gasteiger partial charge in [-0.25, -0.2) is 4.39 Å². The molecule has 2 amide bonds. The highest BCUT2D eigenvalue weighted by Gasteiger charge is 2.30. The van der Waals surface area contributed by atoms with Gasteiger partial charge >= 0.3 is 0 Å². The Morgan fingerprint density at radius 3 is 2.78 bits per heavy atom. The van der Waals surface area contributed by atoms with E-state index in [9.17, 15) is 14.0 Å². The second-order valence-corrected chi connectivity index (χ2v) is 5.78. The van der Waals surface area contributed by atoms with Gasteiger partial charge in [-0.05, 0) is 39.0 Å². The summed E-state index contributed by atoms with van der Waals surface area (Å²) < 4.78 is 15.6. The van der Waals surface area contributed by atoms with Crippen molar-refractivity contribution in [3.05, 3.63) is 41.5 Å². The van der Waals surface area contributed by atoms with Gasteiger partial charge in [-0.15, -0.1) is 0 Å². The van der Waals surface area contributed by atoms with Crippen LogP contribution in [-0.4, -0.2) is 28.1 Å². The molecule has 2 heterocycles. The fourth-order valence-electron chi connectivity index (χ4n) is 2.70. The van der Waals surface area contributed by atoms with Crippen molar-refractivity contribution in [2.45, 2.75) is 26.8 Å². The van der Waals surface area contributed by atoms with Crippen LogP contribution in [0.25, 0.3) is 0 Å². The van der Waals surface area contributed by atoms with E-state index < -0.39 is 17.6 Å². The molecule has 6 nitrogen and oxygen atoms in total. The van der Waals surface area contributed by atoms with E-state index in [2.05, 4.69) is 10.4 Å². The summed E-state index contributed by atoms with van der Waals surface area (Å²) in [5.41, 5.74) is 1.45. The number of amides is 2. The average molecular weight is 316 g/mol. The first-order valence-electron chi connectivity index (χ1n) is 7.35. The van der Waals surface area contributed by atoms with E-state index in [1.807, 2.05) is 20.8 Å². The maximum Gasteiger partial charge on any atom is 0.279 e. The highest BCUT2D eigenvalue weighted by molar-refractivity contribution is 6.14. The van der Waals surface area contributed by atoms with Crippen LogP contribution in [0.5, 0.6) is 0 Å². The molecule has 3 rings (SSSR count). The van der Waals surface area contributed by atoms with E-state index in [-0.39, 0.29) is 24.0 Å². The highest BCUT2D eigenvalue weighted by Crippen LogP contribution is 2.32. The number of hydrogen-bond acceptors (Lipinski definition) is 3. The lowest BCUT2D eigenvalue weighted by Gasteiger charge is -2.28. The number of fused-ring (bicyclic) bond motifs is 1. The zero-order valence-electron chi connectivity index (χ0n) is 13.1. The third-order valence-electron chi connectivity index (χ3n) is 3.72. The molecule has 0 unspecified atom stereocenters. The second kappa shape index (κ2) is 5.49. The third kappa shape index (κ3) is 2.58. The van der Waals surface area contributed by atoms with E-state index in [0.717, 1.165) is 5.69 Å². The Kier molecular flexibility index (Phi) is 3.63. The molecule has 0 aliphatic carbocycles. The predicted molar refractivity (Wildman–Crippen MR) is 84.1 cm³/mol. The van der Waals surface area contributed by atoms with Crippen LogP contribution in [0.15, 0.2) is 24.3 Å². The van der Waals surface area contributed by atoms with Gasteiger partial charge in [-0.3, -0.25) is 19.2 Å². The summed E-state index contributed by atoms with van der Waals surface area (Å²) >= 11 is 0. The first kappa shape index (κ1) is 15.2. The first-order chi connectivity index (χ1) is 10.9. The lowest BCUT2D eigenvalue weighted by Crippen LogP contribution is -2.42. The Morgan fingerprint density at radius 2 is 2.13 bits per heavy atom. The van der Waals surface area contributed by atoms with Crippen LogP contribution in [0.3, 0.4) is 0 Å². The molecule has 7 heteroatoms. The third-order valence-corrected chi connectivity index (χ3v) is 3.72. The molecule has 1 aliphatic rings. The Labute approximate surface area is 132 Å². The number of hydrogen-bond donors (Lipinski definition) is 1. The Balaban J connectivity index is 2.02. The number of para-hydroxylation sites is 1. The van der Waals surface area contributed by atoms with Crippen LogP contribution in [0, 0.1) is 12.7 Å². The standard InChI is InChI=1S/C16H17FN4O2/c1-9(2)21-10(3)7-12(19-21)16(23)20-8-14(22)18-15-11(17)5-4-6-13(15)20/h4-7,9H,8H2,1-3H3,(H,18,22). The van der Waals surface area contributed by atoms with Crippen molar-refractivity contribution in [2.24, 2.45) is 0 Å². The van der Waals surface area contributed by atoms with Gasteiger partial charge in [-0.1, -0.05) is 6.07 Å². The number of nitrogens with one attached hydrogen (secondary N) is 1. The zero-order chi connectivity index (χ0) is 16.7. The van der Waals surface area contributed by atoms with Gasteiger partial charge in [0.1, 0.15) is 18.0 Å². The van der Waals surface area contributed by atoms with Gasteiger partial charge in [0, 0.05) is 11.7 Å². The fraction of sp³-hybridized carbons (Fsp3) is 0.312. The summed E-state index contributed by atoms with van der Waals surface area (Å²) in [6, 6.07) is 6.13. The van der Waals surface area contributed by atoms with Crippen molar-refractivity contribution in [3.8, 4) is 0 Å². The van der Waals surface area contributed by atoms with E-state index in [4.69, 9.17) is 0 Å². The van der Waals surface area contributed by atoms with Crippen molar-refractivity contribution in [1.29, 1.82) is 0 Å². The molecule has 0 fully saturated rings. The number of aromatic nitrogens is 2. The molecule has 0 radical (unpaired) electrons. The van der Waals surface area contributed by atoms with E-state index in [1.54, 1.807) is 16.8 Å². The summed E-state index contributed by atoms with van der Waals surface area (Å²) in [6.45, 7) is 5.63. The summed E-state index contributed by atoms with van der Waals surface area (Å²) in [7, 11) is 0. The van der Waals surface area contributed by atoms with Crippen molar-refractivity contribution >= 4 is 23.2 Å². The summed E-state index contributed by atoms with van der Waals surface area (Å²) in [4.78, 5) is 25.8. The lowest BCUT2D eigenvalue weighted by atomic mass is 10.1. The summed E-state index contributed by atoms with van der Waals surface area (Å²) in [5, 5.41) is 6.77. The molecule has 0 spiro atoms. The second-order valence-electron chi connectivity index (χ2n) is 5.78. The Hall–Kier alpha value is -2.70. The van der Waals surface area contributed by atoms with E-state index >= 15 is 0 Å². The molecule has 120 valence electrons. The fourth-order valence-corrected chi connectivity index (χ4v) is 2.70. The number of anilines is 2. The summed E-state index contributed by atoms with van der Waals surface area (Å²) in [6.07, 6.45) is 0. The van der Waals surface area contributed by atoms with Crippen molar-refractivity contribution in [3.63, 3.8) is 0 Å². The molecule has 2 aromatic rings. The molecule has 1 N–H and O–H groups in total. The van der Waals surface area contributed by atoms with Crippen LogP contribution in [0.4, 0.5) is 15.8 Å². The SMILES string of the molecule is Cc1cc(C(=O)N2CC(=O)Nc3c(F)cccc32)nn1C(C)C. The quantitative estimate of drug-likeness (QED) is 0.925. The Morgan fingerprint density at radius 1 is 1.39 bits per heavy atom. The number of nitrogens with zero attached hydrogens (tertiary/aromatic N) is 3. The monoisotopic (exact) mass is 316 g/mol. The molecule has 0 saturated heterocycles. The van der Waals surface area contributed by atoms with Crippen molar-refractivity contribution < 1.29 is 14.0 Å². The van der Waals surface area contributed by atoms with Crippen LogP contribution in [-0.2, 0) is 4.79 Å². The van der Waals surface area contributed by atoms with Gasteiger partial charge in [0.2, 0.25) is 5.91 Å². The number of halogens is 1. The lowest BCUT2D eigenvalue weighted by molar-refractivity contribution is -0.115. The number of rotatable bonds is 2. The van der Waals surface area contributed by atoms with Crippen LogP contribution in [0.2, 0.25) is 0 Å². The first-order valence-corrected chi connectivity index (χ1v) is 7.35. The molecular formula is C16H17FN4O2. The molecule has 1 aromatic heterocycles. The molecule has 0 atom stereocenters. The predicted octanol–water partition coefficient (Wildman–Crippen LogP) is 2.51. The van der Waals surface area contributed by atoms with Gasteiger partial charge in [0.25, 0.3) is 5.91 Å². The van der Waals surface area contributed by atoms with E-state index in [1.165, 1.54) is 17.0 Å². The normalized spacial score (nSPS) is 14.0. The minimum atomic E-state index is -0.572. The molecule has 1 aliphatic heterocycles. The molecule has 1 aromatic carbocycles. The van der Waals surface area contributed by atoms with Gasteiger partial charge < -0.3 is 5.32 Å². The van der Waals surface area contributed by atoms with Crippen LogP contribution >= 0.6 is 0 Å². The number of carbonyl (C=O) groups excluding carboxylic acids is 2. The number of carbonyl (C=O) groups is 2. The molecule has 0 bridgehead atoms. The zero-order valence-corrected chi connectivity index (χ0v) is 13.1. The topological polar surface area (TPSA) is 67.2 Å². The maximum absolute atomic E-state index is 13.9. The molecule has 0 saturated carbocycles. The minimum absolute atomic E-state index is 0.0251. The smallest absolute Gasteiger partial charge is 0.279 e. The average Bonchev–Trinajstić information content (AvgIpc) is 2.89. The van der Waals surface area contributed by atoms with Crippen molar-refractivity contribution in [1.82, 2.24) is 9.78 Å². The summed E-state index contributed by atoms with van der Waals surface area (Å²) in [5.74, 6) is -1.43. The van der Waals surface area contributed by atoms with Gasteiger partial charge in [0.05, 0.1) is 5.69 Å². The minimum Gasteiger partial charge on any atom is -0.320 e. The largest absolute Gasteiger partial charge is 0.320 e. The van der Waals surface area contributed by atoms with Crippen LogP contribution < -0.4 is 10.2 Å².